The van der Waals surface area contributed by atoms with Crippen LogP contribution in [0.25, 0.3) is 0 Å². The van der Waals surface area contributed by atoms with Crippen LogP contribution in [0.2, 0.25) is 0 Å². The van der Waals surface area contributed by atoms with E-state index < -0.39 is 11.7 Å². The van der Waals surface area contributed by atoms with E-state index in [4.69, 9.17) is 4.42 Å². The lowest BCUT2D eigenvalue weighted by Gasteiger charge is -2.19. The van der Waals surface area contributed by atoms with Crippen molar-refractivity contribution in [3.63, 3.8) is 0 Å². The average molecular weight is 362 g/mol. The van der Waals surface area contributed by atoms with Crippen molar-refractivity contribution >= 4 is 15.9 Å². The molecule has 1 aromatic heterocycles. The van der Waals surface area contributed by atoms with Crippen LogP contribution in [-0.4, -0.2) is 6.54 Å². The van der Waals surface area contributed by atoms with Gasteiger partial charge in [-0.25, -0.2) is 0 Å². The molecular formula is C15H15BrF3NO. The van der Waals surface area contributed by atoms with E-state index in [2.05, 4.69) is 21.2 Å². The number of nitrogens with one attached hydrogen (secondary N) is 1. The minimum absolute atomic E-state index is 0.208. The van der Waals surface area contributed by atoms with Crippen molar-refractivity contribution in [1.82, 2.24) is 5.32 Å². The van der Waals surface area contributed by atoms with E-state index in [-0.39, 0.29) is 6.04 Å². The maximum atomic E-state index is 12.6. The Morgan fingerprint density at radius 1 is 1.19 bits per heavy atom. The number of hydrogen-bond acceptors (Lipinski definition) is 2. The smallest absolute Gasteiger partial charge is 0.416 e. The second kappa shape index (κ2) is 6.66. The van der Waals surface area contributed by atoms with Crippen LogP contribution in [0.15, 0.2) is 45.7 Å². The Labute approximate surface area is 129 Å². The Morgan fingerprint density at radius 3 is 2.33 bits per heavy atom. The van der Waals surface area contributed by atoms with Gasteiger partial charge in [-0.15, -0.1) is 0 Å². The van der Waals surface area contributed by atoms with Crippen LogP contribution in [0, 0.1) is 0 Å². The summed E-state index contributed by atoms with van der Waals surface area (Å²) in [6.45, 7) is 2.78. The van der Waals surface area contributed by atoms with Gasteiger partial charge in [-0.3, -0.25) is 0 Å². The van der Waals surface area contributed by atoms with Crippen molar-refractivity contribution in [3.8, 4) is 0 Å². The lowest BCUT2D eigenvalue weighted by molar-refractivity contribution is -0.137. The molecule has 0 spiro atoms. The summed E-state index contributed by atoms with van der Waals surface area (Å²) in [7, 11) is 0. The van der Waals surface area contributed by atoms with Gasteiger partial charge < -0.3 is 9.73 Å². The molecule has 0 saturated heterocycles. The zero-order valence-corrected chi connectivity index (χ0v) is 13.0. The molecule has 114 valence electrons. The zero-order chi connectivity index (χ0) is 15.5. The summed E-state index contributed by atoms with van der Waals surface area (Å²) < 4.78 is 43.7. The average Bonchev–Trinajstić information content (AvgIpc) is 2.85. The second-order valence-corrected chi connectivity index (χ2v) is 5.38. The lowest BCUT2D eigenvalue weighted by atomic mass is 9.99. The number of furan rings is 1. The summed E-state index contributed by atoms with van der Waals surface area (Å²) in [5, 5.41) is 3.32. The van der Waals surface area contributed by atoms with Gasteiger partial charge >= 0.3 is 6.18 Å². The molecule has 6 heteroatoms. The number of benzene rings is 1. The Morgan fingerprint density at radius 2 is 1.86 bits per heavy atom. The fourth-order valence-corrected chi connectivity index (χ4v) is 2.54. The van der Waals surface area contributed by atoms with E-state index in [1.807, 2.05) is 6.92 Å². The quantitative estimate of drug-likeness (QED) is 0.796. The SMILES string of the molecule is CCCNC(c1ccc(C(F)(F)F)cc1)c1ccoc1Br. The number of halogens is 4. The van der Waals surface area contributed by atoms with Crippen LogP contribution >= 0.6 is 15.9 Å². The maximum Gasteiger partial charge on any atom is 0.416 e. The van der Waals surface area contributed by atoms with Crippen molar-refractivity contribution < 1.29 is 17.6 Å². The molecule has 2 aromatic rings. The van der Waals surface area contributed by atoms with Crippen LogP contribution in [0.5, 0.6) is 0 Å². The first-order chi connectivity index (χ1) is 9.93. The maximum absolute atomic E-state index is 12.6. The highest BCUT2D eigenvalue weighted by atomic mass is 79.9. The van der Waals surface area contributed by atoms with Crippen LogP contribution in [0.4, 0.5) is 13.2 Å². The molecule has 0 radical (unpaired) electrons. The molecule has 0 amide bonds. The first-order valence-electron chi connectivity index (χ1n) is 6.57. The number of alkyl halides is 3. The lowest BCUT2D eigenvalue weighted by Crippen LogP contribution is -2.23. The van der Waals surface area contributed by atoms with Gasteiger partial charge in [0.25, 0.3) is 0 Å². The molecule has 1 N–H and O–H groups in total. The molecule has 1 heterocycles. The van der Waals surface area contributed by atoms with Crippen LogP contribution in [-0.2, 0) is 6.18 Å². The minimum atomic E-state index is -4.32. The van der Waals surface area contributed by atoms with Crippen molar-refractivity contribution in [1.29, 1.82) is 0 Å². The van der Waals surface area contributed by atoms with Crippen molar-refractivity contribution in [2.45, 2.75) is 25.6 Å². The van der Waals surface area contributed by atoms with E-state index >= 15 is 0 Å². The molecule has 1 unspecified atom stereocenters. The van der Waals surface area contributed by atoms with Gasteiger partial charge in [0.15, 0.2) is 4.67 Å². The second-order valence-electron chi connectivity index (χ2n) is 4.66. The van der Waals surface area contributed by atoms with Gasteiger partial charge in [-0.1, -0.05) is 19.1 Å². The van der Waals surface area contributed by atoms with E-state index in [1.54, 1.807) is 12.3 Å². The molecule has 1 aromatic carbocycles. The molecule has 0 aliphatic rings. The highest BCUT2D eigenvalue weighted by Gasteiger charge is 2.30. The third-order valence-corrected chi connectivity index (χ3v) is 3.77. The molecule has 0 fully saturated rings. The fourth-order valence-electron chi connectivity index (χ4n) is 2.07. The van der Waals surface area contributed by atoms with Crippen LogP contribution in [0.3, 0.4) is 0 Å². The van der Waals surface area contributed by atoms with Gasteiger partial charge in [0.05, 0.1) is 17.9 Å². The van der Waals surface area contributed by atoms with Crippen molar-refractivity contribution in [3.05, 3.63) is 58.0 Å². The van der Waals surface area contributed by atoms with Crippen LogP contribution in [0.1, 0.15) is 36.1 Å². The first-order valence-corrected chi connectivity index (χ1v) is 7.36. The predicted octanol–water partition coefficient (Wildman–Crippen LogP) is 5.15. The third-order valence-electron chi connectivity index (χ3n) is 3.13. The molecule has 0 bridgehead atoms. The van der Waals surface area contributed by atoms with Crippen LogP contribution < -0.4 is 5.32 Å². The van der Waals surface area contributed by atoms with Gasteiger partial charge in [-0.05, 0) is 52.7 Å². The van der Waals surface area contributed by atoms with Gasteiger partial charge in [0.2, 0.25) is 0 Å². The predicted molar refractivity (Wildman–Crippen MR) is 78.0 cm³/mol. The summed E-state index contributed by atoms with van der Waals surface area (Å²) in [5.74, 6) is 0. The summed E-state index contributed by atoms with van der Waals surface area (Å²) in [5.41, 5.74) is 0.980. The number of hydrogen-bond donors (Lipinski definition) is 1. The fraction of sp³-hybridized carbons (Fsp3) is 0.333. The van der Waals surface area contributed by atoms with Gasteiger partial charge in [-0.2, -0.15) is 13.2 Å². The highest BCUT2D eigenvalue weighted by Crippen LogP contribution is 2.33. The molecule has 1 atom stereocenters. The topological polar surface area (TPSA) is 25.2 Å². The molecule has 2 rings (SSSR count). The summed E-state index contributed by atoms with van der Waals surface area (Å²) in [6.07, 6.45) is -1.85. The molecule has 0 saturated carbocycles. The Balaban J connectivity index is 2.31. The van der Waals surface area contributed by atoms with Gasteiger partial charge in [0.1, 0.15) is 0 Å². The Bertz CT molecular complexity index is 577. The first kappa shape index (κ1) is 16.1. The third kappa shape index (κ3) is 3.89. The molecule has 21 heavy (non-hydrogen) atoms. The van der Waals surface area contributed by atoms with E-state index in [0.29, 0.717) is 4.67 Å². The van der Waals surface area contributed by atoms with E-state index in [9.17, 15) is 13.2 Å². The van der Waals surface area contributed by atoms with Gasteiger partial charge in [0, 0.05) is 5.56 Å². The highest BCUT2D eigenvalue weighted by molar-refractivity contribution is 9.10. The minimum Gasteiger partial charge on any atom is -0.457 e. The normalized spacial score (nSPS) is 13.4. The summed E-state index contributed by atoms with van der Waals surface area (Å²) >= 11 is 3.32. The molecule has 0 aliphatic heterocycles. The zero-order valence-electron chi connectivity index (χ0n) is 11.4. The molecular weight excluding hydrogens is 347 g/mol. The summed E-state index contributed by atoms with van der Waals surface area (Å²) in [4.78, 5) is 0. The molecule has 0 aliphatic carbocycles. The van der Waals surface area contributed by atoms with E-state index in [0.717, 1.165) is 36.2 Å². The van der Waals surface area contributed by atoms with Crippen molar-refractivity contribution in [2.24, 2.45) is 0 Å². The summed E-state index contributed by atoms with van der Waals surface area (Å²) in [6, 6.07) is 6.79. The number of rotatable bonds is 5. The van der Waals surface area contributed by atoms with E-state index in [1.165, 1.54) is 12.1 Å². The van der Waals surface area contributed by atoms with Crippen molar-refractivity contribution in [2.75, 3.05) is 6.54 Å². The monoisotopic (exact) mass is 361 g/mol. The largest absolute Gasteiger partial charge is 0.457 e. The standard InChI is InChI=1S/C15H15BrF3NO/c1-2-8-20-13(12-7-9-21-14(12)16)10-3-5-11(6-4-10)15(17,18)19/h3-7,9,13,20H,2,8H2,1H3. The Hall–Kier alpha value is -1.27. The Kier molecular flexibility index (Phi) is 5.11. The molecule has 2 nitrogen and oxygen atoms in total.